The lowest BCUT2D eigenvalue weighted by Crippen LogP contribution is -2.29. The summed E-state index contributed by atoms with van der Waals surface area (Å²) in [5, 5.41) is 3.21. The summed E-state index contributed by atoms with van der Waals surface area (Å²) in [5.74, 6) is 1.03. The number of guanidine groups is 1. The highest BCUT2D eigenvalue weighted by Crippen LogP contribution is 2.27. The van der Waals surface area contributed by atoms with E-state index in [2.05, 4.69) is 16.4 Å². The molecule has 3 rings (SSSR count). The number of aryl methyl sites for hydroxylation is 1. The second-order valence-corrected chi connectivity index (χ2v) is 8.85. The lowest BCUT2D eigenvalue weighted by Gasteiger charge is -2.21. The number of nitrogens with two attached hydrogens (primary N) is 1. The van der Waals surface area contributed by atoms with Crippen LogP contribution in [-0.2, 0) is 22.7 Å². The molecule has 1 saturated heterocycles. The van der Waals surface area contributed by atoms with E-state index in [0.29, 0.717) is 18.3 Å². The van der Waals surface area contributed by atoms with Gasteiger partial charge in [0.2, 0.25) is 0 Å². The van der Waals surface area contributed by atoms with Crippen molar-refractivity contribution in [2.45, 2.75) is 38.5 Å². The normalized spacial score (nSPS) is 23.0. The fourth-order valence-corrected chi connectivity index (χ4v) is 5.33. The molecule has 1 atom stereocenters. The third-order valence-corrected chi connectivity index (χ3v) is 6.63. The zero-order valence-corrected chi connectivity index (χ0v) is 17.0. The Bertz CT molecular complexity index is 704. The van der Waals surface area contributed by atoms with Gasteiger partial charge in [-0.3, -0.25) is 4.99 Å². The van der Waals surface area contributed by atoms with E-state index in [9.17, 15) is 8.42 Å². The SMILES string of the molecule is I.NC(=NCC1CCCS(=O)(=O)C1)Nc1cccc2c1CCCC2. The molecule has 0 radical (unpaired) electrons. The lowest BCUT2D eigenvalue weighted by atomic mass is 9.90. The molecule has 1 fully saturated rings. The first kappa shape index (κ1) is 19.5. The summed E-state index contributed by atoms with van der Waals surface area (Å²) < 4.78 is 23.3. The molecule has 24 heavy (non-hydrogen) atoms. The summed E-state index contributed by atoms with van der Waals surface area (Å²) in [6.07, 6.45) is 6.31. The Labute approximate surface area is 161 Å². The summed E-state index contributed by atoms with van der Waals surface area (Å²) in [7, 11) is -2.88. The molecule has 0 spiro atoms. The van der Waals surface area contributed by atoms with Gasteiger partial charge in [0, 0.05) is 12.2 Å². The lowest BCUT2D eigenvalue weighted by molar-refractivity contribution is 0.494. The smallest absolute Gasteiger partial charge is 0.193 e. The first-order valence-electron chi connectivity index (χ1n) is 8.42. The molecule has 0 saturated carbocycles. The number of nitrogens with one attached hydrogen (secondary N) is 1. The quantitative estimate of drug-likeness (QED) is 0.410. The summed E-state index contributed by atoms with van der Waals surface area (Å²) in [4.78, 5) is 4.38. The van der Waals surface area contributed by atoms with E-state index in [0.717, 1.165) is 31.4 Å². The molecule has 0 bridgehead atoms. The number of aliphatic imine (C=N–C) groups is 1. The van der Waals surface area contributed by atoms with Gasteiger partial charge in [-0.05, 0) is 61.6 Å². The van der Waals surface area contributed by atoms with Crippen LogP contribution in [0.3, 0.4) is 0 Å². The number of anilines is 1. The summed E-state index contributed by atoms with van der Waals surface area (Å²) in [5.41, 5.74) is 9.79. The predicted molar refractivity (Wildman–Crippen MR) is 110 cm³/mol. The first-order valence-corrected chi connectivity index (χ1v) is 10.2. The zero-order chi connectivity index (χ0) is 16.3. The van der Waals surface area contributed by atoms with Gasteiger partial charge in [0.15, 0.2) is 15.8 Å². The average molecular weight is 463 g/mol. The van der Waals surface area contributed by atoms with Gasteiger partial charge in [0.25, 0.3) is 0 Å². The number of hydrogen-bond acceptors (Lipinski definition) is 3. The van der Waals surface area contributed by atoms with Crippen molar-refractivity contribution in [2.24, 2.45) is 16.6 Å². The molecule has 1 unspecified atom stereocenters. The second-order valence-electron chi connectivity index (χ2n) is 6.62. The molecule has 3 N–H and O–H groups in total. The van der Waals surface area contributed by atoms with E-state index in [1.54, 1.807) is 0 Å². The van der Waals surface area contributed by atoms with Crippen molar-refractivity contribution >= 4 is 45.5 Å². The monoisotopic (exact) mass is 463 g/mol. The molecule has 1 aromatic rings. The molecule has 1 aliphatic carbocycles. The number of hydrogen-bond donors (Lipinski definition) is 2. The highest BCUT2D eigenvalue weighted by Gasteiger charge is 2.24. The van der Waals surface area contributed by atoms with E-state index >= 15 is 0 Å². The summed E-state index contributed by atoms with van der Waals surface area (Å²) in [6, 6.07) is 6.27. The Hall–Kier alpha value is -0.830. The third-order valence-electron chi connectivity index (χ3n) is 4.74. The van der Waals surface area contributed by atoms with Crippen LogP contribution < -0.4 is 11.1 Å². The summed E-state index contributed by atoms with van der Waals surface area (Å²) in [6.45, 7) is 0.479. The Morgan fingerprint density at radius 2 is 2.04 bits per heavy atom. The molecule has 2 aliphatic rings. The molecule has 1 heterocycles. The number of benzene rings is 1. The number of sulfone groups is 1. The molecule has 1 aromatic carbocycles. The van der Waals surface area contributed by atoms with Crippen LogP contribution in [0.2, 0.25) is 0 Å². The van der Waals surface area contributed by atoms with Gasteiger partial charge < -0.3 is 11.1 Å². The van der Waals surface area contributed by atoms with Crippen LogP contribution >= 0.6 is 24.0 Å². The van der Waals surface area contributed by atoms with Crippen LogP contribution in [0.15, 0.2) is 23.2 Å². The molecule has 0 aromatic heterocycles. The van der Waals surface area contributed by atoms with Crippen LogP contribution in [0.4, 0.5) is 5.69 Å². The maximum atomic E-state index is 11.7. The molecule has 7 heteroatoms. The number of halogens is 1. The van der Waals surface area contributed by atoms with Crippen LogP contribution in [0.5, 0.6) is 0 Å². The van der Waals surface area contributed by atoms with Crippen molar-refractivity contribution in [3.8, 4) is 0 Å². The van der Waals surface area contributed by atoms with E-state index in [4.69, 9.17) is 5.73 Å². The third kappa shape index (κ3) is 5.08. The first-order chi connectivity index (χ1) is 11.0. The predicted octanol–water partition coefficient (Wildman–Crippen LogP) is 2.73. The van der Waals surface area contributed by atoms with E-state index in [1.165, 1.54) is 24.0 Å². The standard InChI is InChI=1S/C17H25N3O2S.HI/c18-17(19-11-13-5-4-10-23(21,22)12-13)20-16-9-3-7-14-6-1-2-8-15(14)16;/h3,7,9,13H,1-2,4-6,8,10-12H2,(H3,18,19,20);1H. The molecular formula is C17H26IN3O2S. The molecule has 134 valence electrons. The van der Waals surface area contributed by atoms with Gasteiger partial charge in [0.05, 0.1) is 11.5 Å². The van der Waals surface area contributed by atoms with Crippen LogP contribution in [0, 0.1) is 5.92 Å². The minimum absolute atomic E-state index is 0. The maximum absolute atomic E-state index is 11.7. The highest BCUT2D eigenvalue weighted by molar-refractivity contribution is 14.0. The van der Waals surface area contributed by atoms with Crippen LogP contribution in [0.1, 0.15) is 36.8 Å². The minimum atomic E-state index is -2.88. The fraction of sp³-hybridized carbons (Fsp3) is 0.588. The van der Waals surface area contributed by atoms with Gasteiger partial charge in [-0.25, -0.2) is 8.42 Å². The van der Waals surface area contributed by atoms with Crippen LogP contribution in [0.25, 0.3) is 0 Å². The topological polar surface area (TPSA) is 84.5 Å². The Morgan fingerprint density at radius 3 is 2.83 bits per heavy atom. The summed E-state index contributed by atoms with van der Waals surface area (Å²) >= 11 is 0. The fourth-order valence-electron chi connectivity index (χ4n) is 3.57. The average Bonchev–Trinajstić information content (AvgIpc) is 2.52. The zero-order valence-electron chi connectivity index (χ0n) is 13.8. The molecule has 0 amide bonds. The van der Waals surface area contributed by atoms with Crippen molar-refractivity contribution in [1.82, 2.24) is 0 Å². The van der Waals surface area contributed by atoms with Gasteiger partial charge in [0.1, 0.15) is 0 Å². The van der Waals surface area contributed by atoms with Gasteiger partial charge >= 0.3 is 0 Å². The minimum Gasteiger partial charge on any atom is -0.370 e. The number of nitrogens with zero attached hydrogens (tertiary/aromatic N) is 1. The van der Waals surface area contributed by atoms with E-state index < -0.39 is 9.84 Å². The van der Waals surface area contributed by atoms with E-state index in [-0.39, 0.29) is 35.6 Å². The van der Waals surface area contributed by atoms with Crippen molar-refractivity contribution in [3.05, 3.63) is 29.3 Å². The number of rotatable bonds is 3. The Balaban J connectivity index is 0.00000208. The highest BCUT2D eigenvalue weighted by atomic mass is 127. The van der Waals surface area contributed by atoms with Gasteiger partial charge in [-0.1, -0.05) is 12.1 Å². The molecule has 1 aliphatic heterocycles. The maximum Gasteiger partial charge on any atom is 0.193 e. The van der Waals surface area contributed by atoms with Crippen molar-refractivity contribution < 1.29 is 8.42 Å². The largest absolute Gasteiger partial charge is 0.370 e. The molecular weight excluding hydrogens is 437 g/mol. The van der Waals surface area contributed by atoms with Gasteiger partial charge in [-0.15, -0.1) is 24.0 Å². The second kappa shape index (κ2) is 8.51. The Kier molecular flexibility index (Phi) is 6.91. The van der Waals surface area contributed by atoms with Crippen molar-refractivity contribution in [2.75, 3.05) is 23.4 Å². The molecule has 5 nitrogen and oxygen atoms in total. The van der Waals surface area contributed by atoms with Crippen molar-refractivity contribution in [1.29, 1.82) is 0 Å². The Morgan fingerprint density at radius 1 is 1.25 bits per heavy atom. The van der Waals surface area contributed by atoms with Gasteiger partial charge in [-0.2, -0.15) is 0 Å². The van der Waals surface area contributed by atoms with Crippen LogP contribution in [-0.4, -0.2) is 32.4 Å². The van der Waals surface area contributed by atoms with Crippen molar-refractivity contribution in [3.63, 3.8) is 0 Å². The number of fused-ring (bicyclic) bond motifs is 1. The van der Waals surface area contributed by atoms with E-state index in [1.807, 2.05) is 12.1 Å².